The first-order chi connectivity index (χ1) is 9.61. The molecule has 0 aliphatic heterocycles. The molecule has 0 atom stereocenters. The summed E-state index contributed by atoms with van der Waals surface area (Å²) in [5, 5.41) is 3.50. The van der Waals surface area contributed by atoms with Crippen LogP contribution < -0.4 is 10.1 Å². The summed E-state index contributed by atoms with van der Waals surface area (Å²) in [6, 6.07) is 4.94. The molecular weight excluding hydrogens is 297 g/mol. The normalized spacial score (nSPS) is 14.2. The van der Waals surface area contributed by atoms with Gasteiger partial charge in [-0.15, -0.1) is 0 Å². The van der Waals surface area contributed by atoms with Gasteiger partial charge in [0, 0.05) is 12.1 Å². The molecule has 1 aromatic rings. The Kier molecular flexibility index (Phi) is 4.88. The average Bonchev–Trinajstić information content (AvgIpc) is 2.66. The number of allylic oxidation sites excluding steroid dienone is 3. The number of carbonyl (C=O) groups excluding carboxylic acids is 1. The lowest BCUT2D eigenvalue weighted by molar-refractivity contribution is -0.116. The van der Waals surface area contributed by atoms with E-state index in [1.807, 2.05) is 12.2 Å². The lowest BCUT2D eigenvalue weighted by Gasteiger charge is -2.11. The van der Waals surface area contributed by atoms with Crippen LogP contribution in [0.15, 0.2) is 53.8 Å². The molecule has 0 saturated carbocycles. The highest BCUT2D eigenvalue weighted by molar-refractivity contribution is 6.35. The Morgan fingerprint density at radius 2 is 2.00 bits per heavy atom. The molecule has 104 valence electrons. The van der Waals surface area contributed by atoms with Gasteiger partial charge in [-0.2, -0.15) is 0 Å². The van der Waals surface area contributed by atoms with E-state index in [1.54, 1.807) is 37.4 Å². The number of halogens is 2. The molecule has 0 heterocycles. The van der Waals surface area contributed by atoms with Crippen molar-refractivity contribution in [3.63, 3.8) is 0 Å². The first kappa shape index (κ1) is 14.7. The van der Waals surface area contributed by atoms with Gasteiger partial charge in [0.15, 0.2) is 0 Å². The number of likely N-dealkylation sites (N-methyl/N-ethyl adjacent to an activating group) is 1. The van der Waals surface area contributed by atoms with Gasteiger partial charge in [-0.3, -0.25) is 4.79 Å². The SMILES string of the molecule is CNC(=O)C1=C(Oc2ccc(Cl)cc2Cl)C=CCC=C1. The van der Waals surface area contributed by atoms with E-state index >= 15 is 0 Å². The Morgan fingerprint density at radius 1 is 1.25 bits per heavy atom. The number of benzene rings is 1. The van der Waals surface area contributed by atoms with Crippen molar-refractivity contribution in [3.8, 4) is 5.75 Å². The molecule has 1 aliphatic carbocycles. The Morgan fingerprint density at radius 3 is 2.70 bits per heavy atom. The van der Waals surface area contributed by atoms with E-state index in [2.05, 4.69) is 5.32 Å². The van der Waals surface area contributed by atoms with Crippen LogP contribution in [0, 0.1) is 0 Å². The van der Waals surface area contributed by atoms with E-state index < -0.39 is 0 Å². The molecular formula is C15H13Cl2NO2. The predicted molar refractivity (Wildman–Crippen MR) is 81.1 cm³/mol. The summed E-state index contributed by atoms with van der Waals surface area (Å²) in [6.07, 6.45) is 8.03. The van der Waals surface area contributed by atoms with Crippen LogP contribution >= 0.6 is 23.2 Å². The molecule has 3 nitrogen and oxygen atoms in total. The zero-order valence-electron chi connectivity index (χ0n) is 10.8. The summed E-state index contributed by atoms with van der Waals surface area (Å²) in [4.78, 5) is 11.9. The fourth-order valence-electron chi connectivity index (χ4n) is 1.70. The number of amides is 1. The molecule has 5 heteroatoms. The van der Waals surface area contributed by atoms with Crippen molar-refractivity contribution in [3.05, 3.63) is 63.9 Å². The monoisotopic (exact) mass is 309 g/mol. The number of rotatable bonds is 3. The van der Waals surface area contributed by atoms with E-state index in [0.717, 1.165) is 6.42 Å². The summed E-state index contributed by atoms with van der Waals surface area (Å²) in [6.45, 7) is 0. The minimum absolute atomic E-state index is 0.215. The highest BCUT2D eigenvalue weighted by atomic mass is 35.5. The summed E-state index contributed by atoms with van der Waals surface area (Å²) >= 11 is 11.9. The fraction of sp³-hybridized carbons (Fsp3) is 0.133. The van der Waals surface area contributed by atoms with Gasteiger partial charge in [0.2, 0.25) is 0 Å². The topological polar surface area (TPSA) is 38.3 Å². The minimum atomic E-state index is -0.215. The van der Waals surface area contributed by atoms with Crippen molar-refractivity contribution in [2.45, 2.75) is 6.42 Å². The second-order valence-corrected chi connectivity index (χ2v) is 4.92. The highest BCUT2D eigenvalue weighted by Crippen LogP contribution is 2.30. The quantitative estimate of drug-likeness (QED) is 0.920. The van der Waals surface area contributed by atoms with E-state index in [-0.39, 0.29) is 5.91 Å². The molecule has 0 aromatic heterocycles. The Labute approximate surface area is 127 Å². The van der Waals surface area contributed by atoms with Gasteiger partial charge in [0.25, 0.3) is 5.91 Å². The Hall–Kier alpha value is -1.71. The molecule has 2 rings (SSSR count). The lowest BCUT2D eigenvalue weighted by atomic mass is 10.2. The number of ether oxygens (including phenoxy) is 1. The molecule has 1 amide bonds. The highest BCUT2D eigenvalue weighted by Gasteiger charge is 2.14. The third kappa shape index (κ3) is 3.44. The van der Waals surface area contributed by atoms with Crippen LogP contribution in [0.3, 0.4) is 0 Å². The Balaban J connectivity index is 2.39. The van der Waals surface area contributed by atoms with Gasteiger partial charge < -0.3 is 10.1 Å². The van der Waals surface area contributed by atoms with Crippen molar-refractivity contribution >= 4 is 29.1 Å². The predicted octanol–water partition coefficient (Wildman–Crippen LogP) is 3.89. The van der Waals surface area contributed by atoms with Crippen LogP contribution in [0.1, 0.15) is 6.42 Å². The van der Waals surface area contributed by atoms with Gasteiger partial charge in [-0.1, -0.05) is 35.4 Å². The molecule has 0 saturated heterocycles. The smallest absolute Gasteiger partial charge is 0.254 e. The van der Waals surface area contributed by atoms with E-state index in [9.17, 15) is 4.79 Å². The number of carbonyl (C=O) groups is 1. The van der Waals surface area contributed by atoms with Crippen molar-refractivity contribution < 1.29 is 9.53 Å². The molecule has 0 spiro atoms. The van der Waals surface area contributed by atoms with Crippen LogP contribution in [0.5, 0.6) is 5.75 Å². The average molecular weight is 310 g/mol. The van der Waals surface area contributed by atoms with Crippen LogP contribution in [0.25, 0.3) is 0 Å². The molecule has 0 unspecified atom stereocenters. The van der Waals surface area contributed by atoms with Crippen LogP contribution in [-0.4, -0.2) is 13.0 Å². The molecule has 1 N–H and O–H groups in total. The van der Waals surface area contributed by atoms with Crippen LogP contribution in [-0.2, 0) is 4.79 Å². The van der Waals surface area contributed by atoms with Gasteiger partial charge >= 0.3 is 0 Å². The summed E-state index contributed by atoms with van der Waals surface area (Å²) in [5.41, 5.74) is 0.451. The van der Waals surface area contributed by atoms with Gasteiger partial charge in [-0.05, 0) is 36.8 Å². The fourth-order valence-corrected chi connectivity index (χ4v) is 2.15. The van der Waals surface area contributed by atoms with E-state index in [0.29, 0.717) is 27.1 Å². The molecule has 0 bridgehead atoms. The summed E-state index contributed by atoms with van der Waals surface area (Å²) < 4.78 is 5.75. The van der Waals surface area contributed by atoms with Gasteiger partial charge in [0.05, 0.1) is 10.6 Å². The lowest BCUT2D eigenvalue weighted by Crippen LogP contribution is -2.21. The largest absolute Gasteiger partial charge is 0.455 e. The zero-order chi connectivity index (χ0) is 14.5. The second-order valence-electron chi connectivity index (χ2n) is 4.07. The second kappa shape index (κ2) is 6.64. The molecule has 20 heavy (non-hydrogen) atoms. The maximum absolute atomic E-state index is 11.9. The molecule has 0 radical (unpaired) electrons. The van der Waals surface area contributed by atoms with Crippen LogP contribution in [0.2, 0.25) is 10.0 Å². The maximum Gasteiger partial charge on any atom is 0.254 e. The number of nitrogens with one attached hydrogen (secondary N) is 1. The molecule has 0 fully saturated rings. The summed E-state index contributed by atoms with van der Waals surface area (Å²) in [5.74, 6) is 0.683. The third-order valence-corrected chi connectivity index (χ3v) is 3.21. The van der Waals surface area contributed by atoms with Crippen LogP contribution in [0.4, 0.5) is 0 Å². The zero-order valence-corrected chi connectivity index (χ0v) is 12.3. The number of hydrogen-bond donors (Lipinski definition) is 1. The number of hydrogen-bond acceptors (Lipinski definition) is 2. The standard InChI is InChI=1S/C15H13Cl2NO2/c1-18-15(19)11-5-3-2-4-6-13(11)20-14-8-7-10(16)9-12(14)17/h3-9H,2H2,1H3,(H,18,19). The van der Waals surface area contributed by atoms with Crippen molar-refractivity contribution in [1.29, 1.82) is 0 Å². The van der Waals surface area contributed by atoms with Crippen molar-refractivity contribution in [2.24, 2.45) is 0 Å². The maximum atomic E-state index is 11.9. The van der Waals surface area contributed by atoms with Gasteiger partial charge in [0.1, 0.15) is 11.5 Å². The minimum Gasteiger partial charge on any atom is -0.455 e. The third-order valence-electron chi connectivity index (χ3n) is 2.68. The van der Waals surface area contributed by atoms with Crippen molar-refractivity contribution in [1.82, 2.24) is 5.32 Å². The summed E-state index contributed by atoms with van der Waals surface area (Å²) in [7, 11) is 1.57. The van der Waals surface area contributed by atoms with E-state index in [4.69, 9.17) is 27.9 Å². The molecule has 1 aliphatic rings. The van der Waals surface area contributed by atoms with E-state index in [1.165, 1.54) is 0 Å². The first-order valence-corrected chi connectivity index (χ1v) is 6.79. The molecule has 1 aromatic carbocycles. The first-order valence-electron chi connectivity index (χ1n) is 6.04. The van der Waals surface area contributed by atoms with Gasteiger partial charge in [-0.25, -0.2) is 0 Å². The Bertz CT molecular complexity index is 618. The van der Waals surface area contributed by atoms with Crippen molar-refractivity contribution in [2.75, 3.05) is 7.05 Å².